The van der Waals surface area contributed by atoms with Crippen molar-refractivity contribution in [2.24, 2.45) is 5.92 Å². The lowest BCUT2D eigenvalue weighted by atomic mass is 10.1. The van der Waals surface area contributed by atoms with Gasteiger partial charge >= 0.3 is 11.9 Å². The van der Waals surface area contributed by atoms with Crippen LogP contribution in [0, 0.1) is 19.8 Å². The fourth-order valence-electron chi connectivity index (χ4n) is 3.34. The van der Waals surface area contributed by atoms with Crippen LogP contribution in [0.2, 0.25) is 0 Å². The van der Waals surface area contributed by atoms with Crippen molar-refractivity contribution in [1.29, 1.82) is 0 Å². The number of rotatable bonds is 6. The Morgan fingerprint density at radius 2 is 1.81 bits per heavy atom. The molecule has 0 aliphatic carbocycles. The fraction of sp³-hybridized carbons (Fsp3) is 0.304. The van der Waals surface area contributed by atoms with Gasteiger partial charge in [0.25, 0.3) is 5.91 Å². The Hall–Kier alpha value is -3.68. The van der Waals surface area contributed by atoms with Crippen LogP contribution in [0.3, 0.4) is 0 Å². The minimum Gasteiger partial charge on any atom is -0.465 e. The number of carbonyl (C=O) groups excluding carboxylic acids is 4. The summed E-state index contributed by atoms with van der Waals surface area (Å²) in [6.45, 7) is 3.56. The predicted molar refractivity (Wildman–Crippen MR) is 114 cm³/mol. The van der Waals surface area contributed by atoms with Crippen LogP contribution < -0.4 is 10.2 Å². The van der Waals surface area contributed by atoms with E-state index in [1.165, 1.54) is 12.0 Å². The number of hydrogen-bond donors (Lipinski definition) is 1. The van der Waals surface area contributed by atoms with Crippen LogP contribution in [0.25, 0.3) is 0 Å². The molecule has 0 spiro atoms. The summed E-state index contributed by atoms with van der Waals surface area (Å²) in [6.07, 6.45) is -0.00378. The summed E-state index contributed by atoms with van der Waals surface area (Å²) in [5.74, 6) is -2.41. The second-order valence-corrected chi connectivity index (χ2v) is 7.35. The molecule has 0 unspecified atom stereocenters. The average molecular weight is 424 g/mol. The zero-order valence-electron chi connectivity index (χ0n) is 17.6. The van der Waals surface area contributed by atoms with Crippen molar-refractivity contribution in [2.45, 2.75) is 20.3 Å². The SMILES string of the molecule is COC(=O)c1ccc(N2C[C@H](C(=O)OCC(=O)Nc3cccc(C)c3C)CC2=O)cc1. The number of carbonyl (C=O) groups is 4. The van der Waals surface area contributed by atoms with Gasteiger partial charge in [-0.15, -0.1) is 0 Å². The van der Waals surface area contributed by atoms with Gasteiger partial charge in [-0.05, 0) is 55.3 Å². The maximum Gasteiger partial charge on any atom is 0.337 e. The molecular formula is C23H24N2O6. The largest absolute Gasteiger partial charge is 0.465 e. The van der Waals surface area contributed by atoms with Crippen LogP contribution in [-0.2, 0) is 23.9 Å². The third-order valence-corrected chi connectivity index (χ3v) is 5.28. The number of benzene rings is 2. The standard InChI is InChI=1S/C23H24N2O6/c1-14-5-4-6-19(15(14)2)24-20(26)13-31-23(29)17-11-21(27)25(12-17)18-9-7-16(8-10-18)22(28)30-3/h4-10,17H,11-13H2,1-3H3,(H,24,26)/t17-/m1/s1. The molecule has 2 amide bonds. The molecule has 0 saturated carbocycles. The first-order chi connectivity index (χ1) is 14.8. The summed E-state index contributed by atoms with van der Waals surface area (Å²) in [6, 6.07) is 11.9. The number of nitrogens with zero attached hydrogens (tertiary/aromatic N) is 1. The minimum absolute atomic E-state index is 0.00378. The highest BCUT2D eigenvalue weighted by Crippen LogP contribution is 2.26. The second-order valence-electron chi connectivity index (χ2n) is 7.35. The summed E-state index contributed by atoms with van der Waals surface area (Å²) in [4.78, 5) is 49.9. The lowest BCUT2D eigenvalue weighted by Crippen LogP contribution is -2.28. The van der Waals surface area contributed by atoms with Gasteiger partial charge in [-0.3, -0.25) is 14.4 Å². The van der Waals surface area contributed by atoms with Crippen LogP contribution in [0.1, 0.15) is 27.9 Å². The zero-order chi connectivity index (χ0) is 22.5. The molecule has 8 heteroatoms. The summed E-state index contributed by atoms with van der Waals surface area (Å²) < 4.78 is 9.79. The van der Waals surface area contributed by atoms with E-state index in [2.05, 4.69) is 10.1 Å². The summed E-state index contributed by atoms with van der Waals surface area (Å²) in [5.41, 5.74) is 3.58. The van der Waals surface area contributed by atoms with E-state index in [1.54, 1.807) is 30.3 Å². The van der Waals surface area contributed by atoms with Crippen LogP contribution >= 0.6 is 0 Å². The third-order valence-electron chi connectivity index (χ3n) is 5.28. The van der Waals surface area contributed by atoms with Crippen LogP contribution in [0.15, 0.2) is 42.5 Å². The van der Waals surface area contributed by atoms with Crippen molar-refractivity contribution in [3.05, 3.63) is 59.2 Å². The molecule has 1 atom stereocenters. The normalized spacial score (nSPS) is 15.5. The molecule has 162 valence electrons. The van der Waals surface area contributed by atoms with Crippen LogP contribution in [-0.4, -0.2) is 44.0 Å². The predicted octanol–water partition coefficient (Wildman–Crippen LogP) is 2.62. The van der Waals surface area contributed by atoms with E-state index in [4.69, 9.17) is 4.74 Å². The quantitative estimate of drug-likeness (QED) is 0.716. The van der Waals surface area contributed by atoms with Gasteiger partial charge in [0.2, 0.25) is 5.91 Å². The maximum atomic E-state index is 12.4. The first-order valence-corrected chi connectivity index (χ1v) is 9.81. The van der Waals surface area contributed by atoms with Gasteiger partial charge in [-0.2, -0.15) is 0 Å². The lowest BCUT2D eigenvalue weighted by molar-refractivity contribution is -0.151. The molecule has 1 fully saturated rings. The van der Waals surface area contributed by atoms with Gasteiger partial charge in [-0.1, -0.05) is 12.1 Å². The smallest absolute Gasteiger partial charge is 0.337 e. The molecule has 1 heterocycles. The molecule has 1 aliphatic rings. The number of methoxy groups -OCH3 is 1. The fourth-order valence-corrected chi connectivity index (χ4v) is 3.34. The Balaban J connectivity index is 1.54. The highest BCUT2D eigenvalue weighted by Gasteiger charge is 2.36. The Labute approximate surface area is 180 Å². The first-order valence-electron chi connectivity index (χ1n) is 9.81. The number of amides is 2. The number of ether oxygens (including phenoxy) is 2. The van der Waals surface area contributed by atoms with Crippen LogP contribution in [0.4, 0.5) is 11.4 Å². The van der Waals surface area contributed by atoms with Gasteiger partial charge < -0.3 is 19.7 Å². The Morgan fingerprint density at radius 3 is 2.48 bits per heavy atom. The highest BCUT2D eigenvalue weighted by atomic mass is 16.5. The molecule has 1 saturated heterocycles. The first kappa shape index (κ1) is 22.0. The monoisotopic (exact) mass is 424 g/mol. The van der Waals surface area contributed by atoms with E-state index in [-0.39, 0.29) is 18.9 Å². The van der Waals surface area contributed by atoms with Gasteiger partial charge in [0.1, 0.15) is 0 Å². The van der Waals surface area contributed by atoms with Crippen LogP contribution in [0.5, 0.6) is 0 Å². The van der Waals surface area contributed by atoms with Crippen molar-refractivity contribution < 1.29 is 28.7 Å². The van der Waals surface area contributed by atoms with E-state index in [0.717, 1.165) is 11.1 Å². The van der Waals surface area contributed by atoms with E-state index >= 15 is 0 Å². The zero-order valence-corrected chi connectivity index (χ0v) is 17.6. The average Bonchev–Trinajstić information content (AvgIpc) is 3.16. The van der Waals surface area contributed by atoms with E-state index in [1.807, 2.05) is 26.0 Å². The number of aryl methyl sites for hydroxylation is 1. The topological polar surface area (TPSA) is 102 Å². The third kappa shape index (κ3) is 5.09. The maximum absolute atomic E-state index is 12.4. The minimum atomic E-state index is -0.665. The lowest BCUT2D eigenvalue weighted by Gasteiger charge is -2.17. The molecule has 0 radical (unpaired) electrons. The van der Waals surface area contributed by atoms with Gasteiger partial charge in [-0.25, -0.2) is 4.79 Å². The Kier molecular flexibility index (Phi) is 6.69. The van der Waals surface area contributed by atoms with E-state index in [9.17, 15) is 19.2 Å². The molecule has 0 bridgehead atoms. The van der Waals surface area contributed by atoms with Crippen molar-refractivity contribution >= 4 is 35.1 Å². The summed E-state index contributed by atoms with van der Waals surface area (Å²) in [7, 11) is 1.29. The molecule has 1 N–H and O–H groups in total. The molecule has 2 aromatic rings. The molecule has 2 aromatic carbocycles. The molecule has 0 aromatic heterocycles. The van der Waals surface area contributed by atoms with Crippen molar-refractivity contribution in [3.8, 4) is 0 Å². The molecule has 31 heavy (non-hydrogen) atoms. The highest BCUT2D eigenvalue weighted by molar-refractivity contribution is 6.00. The number of anilines is 2. The molecular weight excluding hydrogens is 400 g/mol. The second kappa shape index (κ2) is 9.42. The summed E-state index contributed by atoms with van der Waals surface area (Å²) >= 11 is 0. The van der Waals surface area contributed by atoms with Crippen molar-refractivity contribution in [2.75, 3.05) is 30.5 Å². The van der Waals surface area contributed by atoms with Crippen molar-refractivity contribution in [3.63, 3.8) is 0 Å². The van der Waals surface area contributed by atoms with Gasteiger partial charge in [0.15, 0.2) is 6.61 Å². The van der Waals surface area contributed by atoms with Gasteiger partial charge in [0.05, 0.1) is 18.6 Å². The summed E-state index contributed by atoms with van der Waals surface area (Å²) in [5, 5.41) is 2.73. The number of hydrogen-bond acceptors (Lipinski definition) is 6. The Morgan fingerprint density at radius 1 is 1.10 bits per heavy atom. The van der Waals surface area contributed by atoms with E-state index in [0.29, 0.717) is 16.9 Å². The van der Waals surface area contributed by atoms with E-state index < -0.39 is 30.4 Å². The van der Waals surface area contributed by atoms with Gasteiger partial charge in [0, 0.05) is 24.3 Å². The number of nitrogens with one attached hydrogen (secondary N) is 1. The number of esters is 2. The molecule has 3 rings (SSSR count). The van der Waals surface area contributed by atoms with Crippen molar-refractivity contribution in [1.82, 2.24) is 0 Å². The Bertz CT molecular complexity index is 1020. The molecule has 1 aliphatic heterocycles. The molecule has 8 nitrogen and oxygen atoms in total.